The number of carboxylic acids is 1. The number of halogens is 1. The number of benzene rings is 1. The summed E-state index contributed by atoms with van der Waals surface area (Å²) in [5, 5.41) is 11.8. The Morgan fingerprint density at radius 2 is 1.86 bits per heavy atom. The van der Waals surface area contributed by atoms with Gasteiger partial charge in [-0.15, -0.1) is 0 Å². The number of carbonyl (C=O) groups is 3. The highest BCUT2D eigenvalue weighted by Gasteiger charge is 2.17. The Kier molecular flexibility index (Phi) is 7.18. The van der Waals surface area contributed by atoms with Gasteiger partial charge in [-0.3, -0.25) is 9.59 Å². The summed E-state index contributed by atoms with van der Waals surface area (Å²) in [5.41, 5.74) is 0.690. The van der Waals surface area contributed by atoms with Crippen molar-refractivity contribution in [3.63, 3.8) is 0 Å². The Morgan fingerprint density at radius 1 is 1.23 bits per heavy atom. The summed E-state index contributed by atoms with van der Waals surface area (Å²) in [5.74, 6) is -1.55. The van der Waals surface area contributed by atoms with E-state index < -0.39 is 30.9 Å². The Bertz CT molecular complexity index is 531. The Labute approximate surface area is 132 Å². The molecule has 1 unspecified atom stereocenters. The molecule has 1 aromatic carbocycles. The second kappa shape index (κ2) is 8.89. The third kappa shape index (κ3) is 6.94. The summed E-state index contributed by atoms with van der Waals surface area (Å²) in [7, 11) is 0. The molecule has 0 aliphatic rings. The third-order valence-electron chi connectivity index (χ3n) is 2.66. The van der Waals surface area contributed by atoms with Crippen LogP contribution in [0, 0.1) is 0 Å². The maximum atomic E-state index is 11.6. The molecule has 1 atom stereocenters. The predicted octanol–water partition coefficient (Wildman–Crippen LogP) is 2.49. The van der Waals surface area contributed by atoms with Crippen LogP contribution in [-0.2, 0) is 19.1 Å². The SMILES string of the molecule is CC(=O)OCOC(=O)NC(CCC(=O)O)c1ccc(Cl)cc1. The highest BCUT2D eigenvalue weighted by Crippen LogP contribution is 2.21. The van der Waals surface area contributed by atoms with Crippen molar-refractivity contribution in [1.29, 1.82) is 0 Å². The highest BCUT2D eigenvalue weighted by atomic mass is 35.5. The summed E-state index contributed by atoms with van der Waals surface area (Å²) < 4.78 is 9.15. The first-order chi connectivity index (χ1) is 10.4. The van der Waals surface area contributed by atoms with Crippen molar-refractivity contribution >= 4 is 29.6 Å². The van der Waals surface area contributed by atoms with Crippen molar-refractivity contribution in [2.24, 2.45) is 0 Å². The van der Waals surface area contributed by atoms with E-state index in [2.05, 4.69) is 14.8 Å². The van der Waals surface area contributed by atoms with Crippen LogP contribution in [0.1, 0.15) is 31.4 Å². The van der Waals surface area contributed by atoms with Gasteiger partial charge in [0.2, 0.25) is 6.79 Å². The van der Waals surface area contributed by atoms with Gasteiger partial charge in [0.1, 0.15) is 0 Å². The summed E-state index contributed by atoms with van der Waals surface area (Å²) >= 11 is 5.79. The van der Waals surface area contributed by atoms with Crippen molar-refractivity contribution in [1.82, 2.24) is 5.32 Å². The zero-order chi connectivity index (χ0) is 16.5. The second-order valence-electron chi connectivity index (χ2n) is 4.37. The molecule has 2 N–H and O–H groups in total. The maximum Gasteiger partial charge on any atom is 0.410 e. The molecule has 8 heteroatoms. The fourth-order valence-electron chi connectivity index (χ4n) is 1.63. The minimum absolute atomic E-state index is 0.127. The van der Waals surface area contributed by atoms with Crippen molar-refractivity contribution < 1.29 is 29.0 Å². The van der Waals surface area contributed by atoms with Crippen LogP contribution in [0.2, 0.25) is 5.02 Å². The average Bonchev–Trinajstić information content (AvgIpc) is 2.44. The molecular formula is C14H16ClNO6. The van der Waals surface area contributed by atoms with E-state index in [1.165, 1.54) is 6.92 Å². The van der Waals surface area contributed by atoms with Crippen LogP contribution in [-0.4, -0.2) is 29.9 Å². The van der Waals surface area contributed by atoms with Gasteiger partial charge in [-0.05, 0) is 24.1 Å². The van der Waals surface area contributed by atoms with Gasteiger partial charge in [-0.25, -0.2) is 4.79 Å². The summed E-state index contributed by atoms with van der Waals surface area (Å²) in [6, 6.07) is 6.08. The molecule has 0 radical (unpaired) electrons. The molecule has 1 aromatic rings. The molecule has 1 rings (SSSR count). The molecule has 0 fully saturated rings. The van der Waals surface area contributed by atoms with Gasteiger partial charge in [0.25, 0.3) is 0 Å². The highest BCUT2D eigenvalue weighted by molar-refractivity contribution is 6.30. The summed E-state index contributed by atoms with van der Waals surface area (Å²) in [4.78, 5) is 32.9. The molecule has 0 aliphatic carbocycles. The van der Waals surface area contributed by atoms with Gasteiger partial charge in [0, 0.05) is 18.4 Å². The van der Waals surface area contributed by atoms with E-state index in [9.17, 15) is 14.4 Å². The molecule has 0 spiro atoms. The first-order valence-corrected chi connectivity index (χ1v) is 6.80. The normalized spacial score (nSPS) is 11.4. The van der Waals surface area contributed by atoms with Crippen molar-refractivity contribution in [3.8, 4) is 0 Å². The van der Waals surface area contributed by atoms with Crippen LogP contribution in [0.5, 0.6) is 0 Å². The van der Waals surface area contributed by atoms with Gasteiger partial charge in [0.05, 0.1) is 6.04 Å². The number of hydrogen-bond donors (Lipinski definition) is 2. The number of nitrogens with one attached hydrogen (secondary N) is 1. The summed E-state index contributed by atoms with van der Waals surface area (Å²) in [6.07, 6.45) is -0.761. The second-order valence-corrected chi connectivity index (χ2v) is 4.80. The Hall–Kier alpha value is -2.28. The van der Waals surface area contributed by atoms with Gasteiger partial charge < -0.3 is 19.9 Å². The molecule has 0 aromatic heterocycles. The number of ether oxygens (including phenoxy) is 2. The Morgan fingerprint density at radius 3 is 2.41 bits per heavy atom. The van der Waals surface area contributed by atoms with Crippen LogP contribution in [0.15, 0.2) is 24.3 Å². The van der Waals surface area contributed by atoms with Crippen LogP contribution in [0.25, 0.3) is 0 Å². The number of carboxylic acid groups (broad SMARTS) is 1. The van der Waals surface area contributed by atoms with Crippen LogP contribution in [0.4, 0.5) is 4.79 Å². The van der Waals surface area contributed by atoms with Crippen molar-refractivity contribution in [3.05, 3.63) is 34.9 Å². The minimum Gasteiger partial charge on any atom is -0.481 e. The van der Waals surface area contributed by atoms with E-state index in [0.717, 1.165) is 0 Å². The summed E-state index contributed by atoms with van der Waals surface area (Å²) in [6.45, 7) is 0.679. The number of esters is 1. The van der Waals surface area contributed by atoms with Gasteiger partial charge in [-0.2, -0.15) is 0 Å². The molecular weight excluding hydrogens is 314 g/mol. The van der Waals surface area contributed by atoms with Crippen molar-refractivity contribution in [2.45, 2.75) is 25.8 Å². The molecule has 0 saturated carbocycles. The molecule has 0 heterocycles. The lowest BCUT2D eigenvalue weighted by atomic mass is 10.0. The standard InChI is InChI=1S/C14H16ClNO6/c1-9(17)21-8-22-14(20)16-12(6-7-13(18)19)10-2-4-11(15)5-3-10/h2-5,12H,6-8H2,1H3,(H,16,20)(H,18,19). The number of amides is 1. The fourth-order valence-corrected chi connectivity index (χ4v) is 1.76. The molecule has 0 saturated heterocycles. The topological polar surface area (TPSA) is 102 Å². The number of carbonyl (C=O) groups excluding carboxylic acids is 2. The molecule has 22 heavy (non-hydrogen) atoms. The van der Waals surface area contributed by atoms with E-state index in [-0.39, 0.29) is 12.8 Å². The van der Waals surface area contributed by atoms with Gasteiger partial charge in [-0.1, -0.05) is 23.7 Å². The first-order valence-electron chi connectivity index (χ1n) is 6.42. The maximum absolute atomic E-state index is 11.6. The molecule has 0 aliphatic heterocycles. The molecule has 7 nitrogen and oxygen atoms in total. The minimum atomic E-state index is -0.978. The van der Waals surface area contributed by atoms with Crippen LogP contribution >= 0.6 is 11.6 Å². The zero-order valence-electron chi connectivity index (χ0n) is 11.9. The first kappa shape index (κ1) is 17.8. The lowest BCUT2D eigenvalue weighted by Gasteiger charge is -2.18. The van der Waals surface area contributed by atoms with E-state index in [1.54, 1.807) is 24.3 Å². The largest absolute Gasteiger partial charge is 0.481 e. The Balaban J connectivity index is 2.65. The molecule has 120 valence electrons. The number of aliphatic carboxylic acids is 1. The van der Waals surface area contributed by atoms with Gasteiger partial charge >= 0.3 is 18.0 Å². The number of rotatable bonds is 7. The monoisotopic (exact) mass is 329 g/mol. The van der Waals surface area contributed by atoms with E-state index in [0.29, 0.717) is 10.6 Å². The van der Waals surface area contributed by atoms with Gasteiger partial charge in [0.15, 0.2) is 0 Å². The molecule has 1 amide bonds. The zero-order valence-corrected chi connectivity index (χ0v) is 12.6. The van der Waals surface area contributed by atoms with Crippen LogP contribution < -0.4 is 5.32 Å². The lowest BCUT2D eigenvalue weighted by molar-refractivity contribution is -0.149. The van der Waals surface area contributed by atoms with E-state index in [4.69, 9.17) is 16.7 Å². The van der Waals surface area contributed by atoms with E-state index in [1.807, 2.05) is 0 Å². The fraction of sp³-hybridized carbons (Fsp3) is 0.357. The molecule has 0 bridgehead atoms. The van der Waals surface area contributed by atoms with E-state index >= 15 is 0 Å². The lowest BCUT2D eigenvalue weighted by Crippen LogP contribution is -2.30. The number of alkyl carbamates (subject to hydrolysis) is 1. The van der Waals surface area contributed by atoms with Crippen LogP contribution in [0.3, 0.4) is 0 Å². The smallest absolute Gasteiger partial charge is 0.410 e. The predicted molar refractivity (Wildman–Crippen MR) is 77.3 cm³/mol. The van der Waals surface area contributed by atoms with Crippen molar-refractivity contribution in [2.75, 3.05) is 6.79 Å². The number of hydrogen-bond acceptors (Lipinski definition) is 5. The third-order valence-corrected chi connectivity index (χ3v) is 2.92. The average molecular weight is 330 g/mol. The quantitative estimate of drug-likeness (QED) is 0.588.